The Balaban J connectivity index is 0. The lowest BCUT2D eigenvalue weighted by molar-refractivity contribution is 0.157. The standard InChI is InChI=1S/C9H12.C7H17NOS.ClH/c1-2-6-9-7-4-3-5-8-9;1-5(2)3-6(8)7(9)4-10;/h3-5,7-8H,2,6H2,1H3;5-7,9-10H,3-4,8H2,1-2H3;1H. The molecule has 2 nitrogen and oxygen atoms in total. The van der Waals surface area contributed by atoms with E-state index in [1.165, 1.54) is 18.4 Å². The van der Waals surface area contributed by atoms with Crippen LogP contribution in [0.4, 0.5) is 0 Å². The SMILES string of the molecule is CC(C)CC(N)C(O)CS.CCCc1ccccc1.Cl. The number of halogens is 1. The van der Waals surface area contributed by atoms with Gasteiger partial charge in [0, 0.05) is 11.8 Å². The van der Waals surface area contributed by atoms with E-state index in [9.17, 15) is 5.11 Å². The van der Waals surface area contributed by atoms with E-state index in [-0.39, 0.29) is 18.4 Å². The molecule has 0 fully saturated rings. The molecular weight excluding hydrogens is 290 g/mol. The van der Waals surface area contributed by atoms with Crippen LogP contribution in [0.25, 0.3) is 0 Å². The van der Waals surface area contributed by atoms with Crippen molar-refractivity contribution < 1.29 is 5.11 Å². The molecule has 1 aromatic rings. The van der Waals surface area contributed by atoms with Gasteiger partial charge in [0.2, 0.25) is 0 Å². The number of aryl methyl sites for hydroxylation is 1. The van der Waals surface area contributed by atoms with Crippen molar-refractivity contribution >= 4 is 25.0 Å². The molecular formula is C16H30ClNOS. The summed E-state index contributed by atoms with van der Waals surface area (Å²) in [6, 6.07) is 10.5. The van der Waals surface area contributed by atoms with Gasteiger partial charge in [0.1, 0.15) is 0 Å². The number of hydrogen-bond acceptors (Lipinski definition) is 3. The minimum absolute atomic E-state index is 0. The molecule has 0 bridgehead atoms. The zero-order valence-corrected chi connectivity index (χ0v) is 14.5. The first kappa shape index (κ1) is 22.1. The van der Waals surface area contributed by atoms with E-state index in [0.717, 1.165) is 6.42 Å². The molecule has 0 amide bonds. The zero-order valence-electron chi connectivity index (χ0n) is 12.8. The summed E-state index contributed by atoms with van der Waals surface area (Å²) in [4.78, 5) is 0. The summed E-state index contributed by atoms with van der Waals surface area (Å²) in [5, 5.41) is 9.17. The highest BCUT2D eigenvalue weighted by atomic mass is 35.5. The van der Waals surface area contributed by atoms with Crippen LogP contribution in [0.15, 0.2) is 30.3 Å². The summed E-state index contributed by atoms with van der Waals surface area (Å²) in [5.74, 6) is 0.998. The molecule has 1 rings (SSSR count). The van der Waals surface area contributed by atoms with Gasteiger partial charge in [0.15, 0.2) is 0 Å². The molecule has 0 radical (unpaired) electrons. The molecule has 0 heterocycles. The summed E-state index contributed by atoms with van der Waals surface area (Å²) in [5.41, 5.74) is 7.07. The second-order valence-corrected chi connectivity index (χ2v) is 5.64. The normalized spacial score (nSPS) is 12.9. The fourth-order valence-electron chi connectivity index (χ4n) is 1.77. The molecule has 0 aliphatic carbocycles. The maximum Gasteiger partial charge on any atom is 0.0778 e. The summed E-state index contributed by atoms with van der Waals surface area (Å²) < 4.78 is 0. The highest BCUT2D eigenvalue weighted by Gasteiger charge is 2.13. The third kappa shape index (κ3) is 11.6. The Morgan fingerprint density at radius 1 is 1.20 bits per heavy atom. The summed E-state index contributed by atoms with van der Waals surface area (Å²) in [6.45, 7) is 6.38. The summed E-state index contributed by atoms with van der Waals surface area (Å²) >= 11 is 3.95. The van der Waals surface area contributed by atoms with E-state index in [0.29, 0.717) is 11.7 Å². The molecule has 2 atom stereocenters. The molecule has 118 valence electrons. The number of rotatable bonds is 6. The van der Waals surface area contributed by atoms with Crippen LogP contribution in [0, 0.1) is 5.92 Å². The van der Waals surface area contributed by atoms with Crippen LogP contribution in [0.1, 0.15) is 39.2 Å². The highest BCUT2D eigenvalue weighted by molar-refractivity contribution is 7.80. The van der Waals surface area contributed by atoms with E-state index in [2.05, 4.69) is 63.7 Å². The smallest absolute Gasteiger partial charge is 0.0778 e. The third-order valence-electron chi connectivity index (χ3n) is 2.81. The van der Waals surface area contributed by atoms with Crippen molar-refractivity contribution in [2.75, 3.05) is 5.75 Å². The van der Waals surface area contributed by atoms with Crippen molar-refractivity contribution in [3.63, 3.8) is 0 Å². The van der Waals surface area contributed by atoms with Crippen LogP contribution in [0.5, 0.6) is 0 Å². The molecule has 2 unspecified atom stereocenters. The van der Waals surface area contributed by atoms with Gasteiger partial charge in [-0.2, -0.15) is 12.6 Å². The fraction of sp³-hybridized carbons (Fsp3) is 0.625. The van der Waals surface area contributed by atoms with Gasteiger partial charge in [-0.3, -0.25) is 0 Å². The minimum Gasteiger partial charge on any atom is -0.391 e. The Morgan fingerprint density at radius 3 is 2.15 bits per heavy atom. The van der Waals surface area contributed by atoms with Crippen molar-refractivity contribution in [2.24, 2.45) is 11.7 Å². The van der Waals surface area contributed by atoms with Gasteiger partial charge in [-0.25, -0.2) is 0 Å². The van der Waals surface area contributed by atoms with E-state index in [4.69, 9.17) is 5.73 Å². The Hall–Kier alpha value is -0.220. The second-order valence-electron chi connectivity index (χ2n) is 5.28. The Morgan fingerprint density at radius 2 is 1.75 bits per heavy atom. The van der Waals surface area contributed by atoms with Crippen LogP contribution < -0.4 is 5.73 Å². The van der Waals surface area contributed by atoms with Crippen molar-refractivity contribution in [3.05, 3.63) is 35.9 Å². The lowest BCUT2D eigenvalue weighted by atomic mass is 10.0. The van der Waals surface area contributed by atoms with Gasteiger partial charge >= 0.3 is 0 Å². The van der Waals surface area contributed by atoms with Gasteiger partial charge in [0.25, 0.3) is 0 Å². The maximum absolute atomic E-state index is 9.17. The summed E-state index contributed by atoms with van der Waals surface area (Å²) in [6.07, 6.45) is 2.86. The number of hydrogen-bond donors (Lipinski definition) is 3. The first-order valence-electron chi connectivity index (χ1n) is 7.09. The van der Waals surface area contributed by atoms with Gasteiger partial charge in [-0.05, 0) is 24.3 Å². The second kappa shape index (κ2) is 13.7. The lowest BCUT2D eigenvalue weighted by Crippen LogP contribution is -2.36. The molecule has 0 spiro atoms. The highest BCUT2D eigenvalue weighted by Crippen LogP contribution is 2.06. The molecule has 0 aliphatic heterocycles. The van der Waals surface area contributed by atoms with Crippen molar-refractivity contribution in [2.45, 2.75) is 52.2 Å². The average Bonchev–Trinajstić information content (AvgIpc) is 2.39. The topological polar surface area (TPSA) is 46.2 Å². The zero-order chi connectivity index (χ0) is 14.7. The van der Waals surface area contributed by atoms with Crippen LogP contribution in [-0.2, 0) is 6.42 Å². The Kier molecular flexibility index (Phi) is 15.2. The molecule has 0 aromatic heterocycles. The average molecular weight is 320 g/mol. The molecule has 0 saturated heterocycles. The van der Waals surface area contributed by atoms with Crippen LogP contribution >= 0.6 is 25.0 Å². The van der Waals surface area contributed by atoms with Gasteiger partial charge in [-0.15, -0.1) is 12.4 Å². The van der Waals surface area contributed by atoms with Crippen LogP contribution in [0.2, 0.25) is 0 Å². The number of nitrogens with two attached hydrogens (primary N) is 1. The fourth-order valence-corrected chi connectivity index (χ4v) is 2.04. The largest absolute Gasteiger partial charge is 0.391 e. The van der Waals surface area contributed by atoms with Gasteiger partial charge in [-0.1, -0.05) is 57.5 Å². The van der Waals surface area contributed by atoms with Crippen LogP contribution in [-0.4, -0.2) is 23.0 Å². The number of aliphatic hydroxyl groups is 1. The molecule has 20 heavy (non-hydrogen) atoms. The van der Waals surface area contributed by atoms with E-state index in [1.54, 1.807) is 0 Å². The first-order chi connectivity index (χ1) is 9.01. The van der Waals surface area contributed by atoms with E-state index >= 15 is 0 Å². The number of aliphatic hydroxyl groups excluding tert-OH is 1. The van der Waals surface area contributed by atoms with Gasteiger partial charge < -0.3 is 10.8 Å². The van der Waals surface area contributed by atoms with E-state index < -0.39 is 6.10 Å². The van der Waals surface area contributed by atoms with Crippen LogP contribution in [0.3, 0.4) is 0 Å². The predicted octanol–water partition coefficient (Wildman–Crippen LogP) is 3.71. The predicted molar refractivity (Wildman–Crippen MR) is 95.0 cm³/mol. The summed E-state index contributed by atoms with van der Waals surface area (Å²) in [7, 11) is 0. The number of benzene rings is 1. The minimum atomic E-state index is -0.453. The Bertz CT molecular complexity index is 309. The number of thiol groups is 1. The van der Waals surface area contributed by atoms with Gasteiger partial charge in [0.05, 0.1) is 6.10 Å². The Labute approximate surface area is 136 Å². The molecule has 0 aliphatic rings. The molecule has 4 heteroatoms. The van der Waals surface area contributed by atoms with E-state index in [1.807, 2.05) is 0 Å². The molecule has 1 aromatic carbocycles. The first-order valence-corrected chi connectivity index (χ1v) is 7.72. The van der Waals surface area contributed by atoms with Crippen molar-refractivity contribution in [1.29, 1.82) is 0 Å². The molecule has 0 saturated carbocycles. The monoisotopic (exact) mass is 319 g/mol. The van der Waals surface area contributed by atoms with Crippen molar-refractivity contribution in [1.82, 2.24) is 0 Å². The third-order valence-corrected chi connectivity index (χ3v) is 3.18. The molecule has 3 N–H and O–H groups in total. The van der Waals surface area contributed by atoms with Crippen molar-refractivity contribution in [3.8, 4) is 0 Å². The quantitative estimate of drug-likeness (QED) is 0.700. The lowest BCUT2D eigenvalue weighted by Gasteiger charge is -2.18. The maximum atomic E-state index is 9.17.